The highest BCUT2D eigenvalue weighted by atomic mass is 16.5. The number of hydroxylamine groups is 2. The van der Waals surface area contributed by atoms with Crippen LogP contribution in [0.15, 0.2) is 0 Å². The Bertz CT molecular complexity index is 180. The maximum absolute atomic E-state index is 10.7. The molecule has 0 radical (unpaired) electrons. The van der Waals surface area contributed by atoms with Crippen LogP contribution in [0.5, 0.6) is 0 Å². The number of nitrogens with two attached hydrogens (primary N) is 1. The van der Waals surface area contributed by atoms with E-state index in [1.807, 2.05) is 0 Å². The predicted molar refractivity (Wildman–Crippen MR) is 39.4 cm³/mol. The van der Waals surface area contributed by atoms with Gasteiger partial charge in [0.2, 0.25) is 5.91 Å². The lowest BCUT2D eigenvalue weighted by Crippen LogP contribution is -2.32. The number of carboxylic acids is 1. The van der Waals surface area contributed by atoms with Gasteiger partial charge in [0, 0.05) is 13.5 Å². The molecule has 0 aromatic rings. The first kappa shape index (κ1) is 10.9. The number of carbonyl (C=O) groups excluding carboxylic acids is 1. The maximum atomic E-state index is 10.7. The molecule has 12 heavy (non-hydrogen) atoms. The Hall–Kier alpha value is -1.14. The Morgan fingerprint density at radius 1 is 1.58 bits per heavy atom. The van der Waals surface area contributed by atoms with E-state index in [0.29, 0.717) is 5.06 Å². The van der Waals surface area contributed by atoms with E-state index in [0.717, 1.165) is 0 Å². The van der Waals surface area contributed by atoms with Gasteiger partial charge in [0.25, 0.3) is 0 Å². The first-order valence-electron chi connectivity index (χ1n) is 3.39. The van der Waals surface area contributed by atoms with Crippen LogP contribution in [0.2, 0.25) is 0 Å². The molecule has 0 fully saturated rings. The normalized spacial score (nSPS) is 12.2. The van der Waals surface area contributed by atoms with Crippen molar-refractivity contribution >= 4 is 11.9 Å². The van der Waals surface area contributed by atoms with Gasteiger partial charge in [-0.25, -0.2) is 5.06 Å². The Balaban J connectivity index is 3.69. The zero-order valence-electron chi connectivity index (χ0n) is 6.73. The summed E-state index contributed by atoms with van der Waals surface area (Å²) in [6.07, 6.45) is -0.0421. The van der Waals surface area contributed by atoms with Crippen molar-refractivity contribution < 1.29 is 19.9 Å². The molecule has 0 aliphatic heterocycles. The standard InChI is InChI=1S/C6H12N2O4/c1-8(12)5(9)3-2-4(7)6(10)11/h4,12H,2-3,7H2,1H3,(H,10,11)/t4-/m0/s1. The van der Waals surface area contributed by atoms with Crippen LogP contribution in [0.25, 0.3) is 0 Å². The number of hydrogen-bond donors (Lipinski definition) is 3. The van der Waals surface area contributed by atoms with Gasteiger partial charge in [0.1, 0.15) is 6.04 Å². The molecule has 6 nitrogen and oxygen atoms in total. The second kappa shape index (κ2) is 4.68. The lowest BCUT2D eigenvalue weighted by Gasteiger charge is -2.09. The second-order valence-electron chi connectivity index (χ2n) is 2.40. The average Bonchev–Trinajstić information content (AvgIpc) is 1.98. The van der Waals surface area contributed by atoms with E-state index in [2.05, 4.69) is 0 Å². The minimum absolute atomic E-state index is 0.0269. The van der Waals surface area contributed by atoms with E-state index in [4.69, 9.17) is 16.0 Å². The molecule has 6 heteroatoms. The van der Waals surface area contributed by atoms with Crippen LogP contribution in [0.4, 0.5) is 0 Å². The van der Waals surface area contributed by atoms with Gasteiger partial charge in [-0.15, -0.1) is 0 Å². The molecule has 4 N–H and O–H groups in total. The number of aliphatic carboxylic acids is 1. The Morgan fingerprint density at radius 3 is 2.42 bits per heavy atom. The summed E-state index contributed by atoms with van der Waals surface area (Å²) in [4.78, 5) is 20.9. The molecule has 0 heterocycles. The minimum atomic E-state index is -1.15. The van der Waals surface area contributed by atoms with E-state index >= 15 is 0 Å². The SMILES string of the molecule is CN(O)C(=O)CC[C@H](N)C(=O)O. The van der Waals surface area contributed by atoms with Crippen molar-refractivity contribution in [3.63, 3.8) is 0 Å². The lowest BCUT2D eigenvalue weighted by atomic mass is 10.1. The summed E-state index contributed by atoms with van der Waals surface area (Å²) in [7, 11) is 1.18. The molecule has 1 atom stereocenters. The number of hydrogen-bond acceptors (Lipinski definition) is 4. The summed E-state index contributed by atoms with van der Waals surface area (Å²) >= 11 is 0. The highest BCUT2D eigenvalue weighted by molar-refractivity contribution is 5.77. The van der Waals surface area contributed by atoms with Crippen molar-refractivity contribution in [1.82, 2.24) is 5.06 Å². The summed E-state index contributed by atoms with van der Waals surface area (Å²) in [5, 5.41) is 17.3. The zero-order chi connectivity index (χ0) is 9.72. The van der Waals surface area contributed by atoms with Gasteiger partial charge in [-0.3, -0.25) is 14.8 Å². The maximum Gasteiger partial charge on any atom is 0.320 e. The number of nitrogens with zero attached hydrogens (tertiary/aromatic N) is 1. The Morgan fingerprint density at radius 2 is 2.08 bits per heavy atom. The largest absolute Gasteiger partial charge is 0.480 e. The predicted octanol–water partition coefficient (Wildman–Crippen LogP) is -0.974. The smallest absolute Gasteiger partial charge is 0.320 e. The van der Waals surface area contributed by atoms with E-state index in [-0.39, 0.29) is 12.8 Å². The zero-order valence-corrected chi connectivity index (χ0v) is 6.73. The highest BCUT2D eigenvalue weighted by Gasteiger charge is 2.14. The van der Waals surface area contributed by atoms with Crippen LogP contribution in [-0.2, 0) is 9.59 Å². The molecule has 0 unspecified atom stereocenters. The number of amides is 1. The van der Waals surface area contributed by atoms with E-state index in [9.17, 15) is 9.59 Å². The van der Waals surface area contributed by atoms with Crippen LogP contribution in [0.1, 0.15) is 12.8 Å². The van der Waals surface area contributed by atoms with Crippen molar-refractivity contribution in [3.05, 3.63) is 0 Å². The van der Waals surface area contributed by atoms with E-state index in [1.54, 1.807) is 0 Å². The van der Waals surface area contributed by atoms with Crippen LogP contribution in [-0.4, -0.2) is 40.3 Å². The summed E-state index contributed by atoms with van der Waals surface area (Å²) < 4.78 is 0. The fraction of sp³-hybridized carbons (Fsp3) is 0.667. The highest BCUT2D eigenvalue weighted by Crippen LogP contribution is 1.97. The van der Waals surface area contributed by atoms with Crippen molar-refractivity contribution in [1.29, 1.82) is 0 Å². The van der Waals surface area contributed by atoms with Crippen molar-refractivity contribution in [3.8, 4) is 0 Å². The van der Waals surface area contributed by atoms with Crippen molar-refractivity contribution in [2.24, 2.45) is 5.73 Å². The summed E-state index contributed by atoms with van der Waals surface area (Å²) in [5.41, 5.74) is 5.11. The quantitative estimate of drug-likeness (QED) is 0.377. The number of rotatable bonds is 4. The van der Waals surface area contributed by atoms with Crippen molar-refractivity contribution in [2.75, 3.05) is 7.05 Å². The molecule has 0 rings (SSSR count). The van der Waals surface area contributed by atoms with Gasteiger partial charge < -0.3 is 10.8 Å². The Labute approximate surface area is 69.5 Å². The van der Waals surface area contributed by atoms with Gasteiger partial charge in [-0.1, -0.05) is 0 Å². The summed E-state index contributed by atoms with van der Waals surface area (Å²) in [6, 6.07) is -1.05. The minimum Gasteiger partial charge on any atom is -0.480 e. The molecular formula is C6H12N2O4. The number of carboxylic acid groups (broad SMARTS) is 1. The van der Waals surface area contributed by atoms with Crippen LogP contribution in [0, 0.1) is 0 Å². The van der Waals surface area contributed by atoms with Crippen LogP contribution in [0.3, 0.4) is 0 Å². The monoisotopic (exact) mass is 176 g/mol. The topological polar surface area (TPSA) is 104 Å². The summed E-state index contributed by atoms with van der Waals surface area (Å²) in [6.45, 7) is 0. The van der Waals surface area contributed by atoms with Crippen LogP contribution < -0.4 is 5.73 Å². The molecule has 70 valence electrons. The fourth-order valence-corrected chi connectivity index (χ4v) is 0.564. The molecule has 0 saturated heterocycles. The molecule has 0 aliphatic rings. The lowest BCUT2D eigenvalue weighted by molar-refractivity contribution is -0.159. The third kappa shape index (κ3) is 3.89. The summed E-state index contributed by atoms with van der Waals surface area (Å²) in [5.74, 6) is -1.70. The molecule has 0 saturated carbocycles. The van der Waals surface area contributed by atoms with Gasteiger partial charge in [0.15, 0.2) is 0 Å². The fourth-order valence-electron chi connectivity index (χ4n) is 0.564. The molecule has 1 amide bonds. The Kier molecular flexibility index (Phi) is 4.24. The first-order valence-corrected chi connectivity index (χ1v) is 3.39. The average molecular weight is 176 g/mol. The first-order chi connectivity index (χ1) is 5.45. The number of carbonyl (C=O) groups is 2. The molecule has 0 bridgehead atoms. The molecule has 0 aliphatic carbocycles. The van der Waals surface area contributed by atoms with E-state index < -0.39 is 17.9 Å². The van der Waals surface area contributed by atoms with E-state index in [1.165, 1.54) is 7.05 Å². The van der Waals surface area contributed by atoms with Gasteiger partial charge in [-0.2, -0.15) is 0 Å². The second-order valence-corrected chi connectivity index (χ2v) is 2.40. The van der Waals surface area contributed by atoms with Gasteiger partial charge >= 0.3 is 5.97 Å². The molecule has 0 aromatic carbocycles. The third-order valence-electron chi connectivity index (χ3n) is 1.35. The van der Waals surface area contributed by atoms with Gasteiger partial charge in [-0.05, 0) is 6.42 Å². The molecule has 0 aromatic heterocycles. The van der Waals surface area contributed by atoms with Crippen molar-refractivity contribution in [2.45, 2.75) is 18.9 Å². The van der Waals surface area contributed by atoms with Crippen LogP contribution >= 0.6 is 0 Å². The third-order valence-corrected chi connectivity index (χ3v) is 1.35. The molecular weight excluding hydrogens is 164 g/mol. The van der Waals surface area contributed by atoms with Gasteiger partial charge in [0.05, 0.1) is 0 Å². The molecule has 0 spiro atoms.